The van der Waals surface area contributed by atoms with Crippen molar-refractivity contribution < 1.29 is 18.4 Å². The number of anilines is 1. The quantitative estimate of drug-likeness (QED) is 0.697. The maximum atomic E-state index is 13.8. The molecule has 0 aliphatic heterocycles. The minimum Gasteiger partial charge on any atom is -0.298 e. The molecular formula is C18H12F2N2O2S. The predicted molar refractivity (Wildman–Crippen MR) is 91.9 cm³/mol. The first-order valence-electron chi connectivity index (χ1n) is 7.27. The van der Waals surface area contributed by atoms with E-state index in [1.165, 1.54) is 24.4 Å². The minimum atomic E-state index is -0.593. The Labute approximate surface area is 146 Å². The van der Waals surface area contributed by atoms with Crippen molar-refractivity contribution in [3.8, 4) is 11.3 Å². The van der Waals surface area contributed by atoms with Crippen LogP contribution < -0.4 is 5.32 Å². The van der Waals surface area contributed by atoms with E-state index in [0.717, 1.165) is 29.5 Å². The molecule has 1 N–H and O–H groups in total. The number of halogens is 2. The number of amides is 1. The van der Waals surface area contributed by atoms with Crippen molar-refractivity contribution in [2.75, 3.05) is 5.32 Å². The summed E-state index contributed by atoms with van der Waals surface area (Å²) < 4.78 is 27.1. The van der Waals surface area contributed by atoms with E-state index in [9.17, 15) is 18.4 Å². The molecule has 0 atom stereocenters. The number of rotatable bonds is 4. The van der Waals surface area contributed by atoms with Gasteiger partial charge in [-0.25, -0.2) is 13.8 Å². The number of nitrogens with one attached hydrogen (secondary N) is 1. The Hall–Kier alpha value is -2.93. The number of carbonyl (C=O) groups excluding carboxylic acids is 2. The van der Waals surface area contributed by atoms with Crippen LogP contribution >= 0.6 is 11.3 Å². The zero-order chi connectivity index (χ0) is 18.0. The van der Waals surface area contributed by atoms with Gasteiger partial charge in [0.25, 0.3) is 5.91 Å². The van der Waals surface area contributed by atoms with Gasteiger partial charge in [-0.05, 0) is 37.3 Å². The molecule has 1 aromatic heterocycles. The summed E-state index contributed by atoms with van der Waals surface area (Å²) in [4.78, 5) is 27.6. The van der Waals surface area contributed by atoms with Crippen LogP contribution in [0.4, 0.5) is 13.9 Å². The molecule has 126 valence electrons. The zero-order valence-electron chi connectivity index (χ0n) is 13.0. The molecule has 0 fully saturated rings. The monoisotopic (exact) mass is 358 g/mol. The summed E-state index contributed by atoms with van der Waals surface area (Å²) in [6.07, 6.45) is 0. The molecule has 3 rings (SSSR count). The largest absolute Gasteiger partial charge is 0.298 e. The SMILES string of the molecule is CC(=O)c1ccc(C(=O)Nc2nc(-c3cc(F)ccc3F)cs2)cc1. The predicted octanol–water partition coefficient (Wildman–Crippen LogP) is 4.54. The summed E-state index contributed by atoms with van der Waals surface area (Å²) in [7, 11) is 0. The number of Topliss-reactive ketones (excluding diaryl/α,β-unsaturated/α-hetero) is 1. The molecule has 4 nitrogen and oxygen atoms in total. The fourth-order valence-electron chi connectivity index (χ4n) is 2.17. The molecule has 0 unspecified atom stereocenters. The lowest BCUT2D eigenvalue weighted by atomic mass is 10.1. The lowest BCUT2D eigenvalue weighted by molar-refractivity contribution is 0.100. The van der Waals surface area contributed by atoms with Crippen molar-refractivity contribution in [2.45, 2.75) is 6.92 Å². The maximum absolute atomic E-state index is 13.8. The Kier molecular flexibility index (Phi) is 4.67. The highest BCUT2D eigenvalue weighted by Crippen LogP contribution is 2.27. The first-order chi connectivity index (χ1) is 11.9. The second kappa shape index (κ2) is 6.90. The molecule has 0 saturated heterocycles. The van der Waals surface area contributed by atoms with Crippen LogP contribution in [-0.4, -0.2) is 16.7 Å². The highest BCUT2D eigenvalue weighted by Gasteiger charge is 2.13. The molecule has 1 heterocycles. The van der Waals surface area contributed by atoms with Crippen molar-refractivity contribution in [1.29, 1.82) is 0 Å². The Morgan fingerprint density at radius 1 is 1.04 bits per heavy atom. The smallest absolute Gasteiger partial charge is 0.257 e. The first-order valence-corrected chi connectivity index (χ1v) is 8.15. The van der Waals surface area contributed by atoms with Crippen LogP contribution in [0.3, 0.4) is 0 Å². The van der Waals surface area contributed by atoms with E-state index in [4.69, 9.17) is 0 Å². The van der Waals surface area contributed by atoms with Gasteiger partial charge in [-0.1, -0.05) is 12.1 Å². The summed E-state index contributed by atoms with van der Waals surface area (Å²) in [5, 5.41) is 4.40. The van der Waals surface area contributed by atoms with Crippen LogP contribution in [-0.2, 0) is 0 Å². The number of thiazole rings is 1. The molecular weight excluding hydrogens is 346 g/mol. The van der Waals surface area contributed by atoms with Crippen molar-refractivity contribution >= 4 is 28.2 Å². The molecule has 0 bridgehead atoms. The van der Waals surface area contributed by atoms with Gasteiger partial charge in [0, 0.05) is 22.1 Å². The van der Waals surface area contributed by atoms with Crippen LogP contribution in [0.2, 0.25) is 0 Å². The Bertz CT molecular complexity index is 952. The fourth-order valence-corrected chi connectivity index (χ4v) is 2.88. The molecule has 7 heteroatoms. The molecule has 0 spiro atoms. The van der Waals surface area contributed by atoms with E-state index in [1.54, 1.807) is 12.1 Å². The number of nitrogens with zero attached hydrogens (tertiary/aromatic N) is 1. The van der Waals surface area contributed by atoms with Gasteiger partial charge in [-0.15, -0.1) is 11.3 Å². The van der Waals surface area contributed by atoms with E-state index in [1.807, 2.05) is 0 Å². The molecule has 2 aromatic carbocycles. The average Bonchev–Trinajstić information content (AvgIpc) is 3.05. The molecule has 0 aliphatic carbocycles. The second-order valence-electron chi connectivity index (χ2n) is 5.25. The lowest BCUT2D eigenvalue weighted by Crippen LogP contribution is -2.11. The third-order valence-electron chi connectivity index (χ3n) is 3.48. The normalized spacial score (nSPS) is 10.5. The number of hydrogen-bond acceptors (Lipinski definition) is 4. The summed E-state index contributed by atoms with van der Waals surface area (Å²) >= 11 is 1.10. The van der Waals surface area contributed by atoms with Gasteiger partial charge in [0.05, 0.1) is 5.69 Å². The molecule has 3 aromatic rings. The highest BCUT2D eigenvalue weighted by molar-refractivity contribution is 7.14. The molecule has 0 aliphatic rings. The topological polar surface area (TPSA) is 59.1 Å². The van der Waals surface area contributed by atoms with Gasteiger partial charge in [0.15, 0.2) is 10.9 Å². The van der Waals surface area contributed by atoms with Crippen LogP contribution in [0.25, 0.3) is 11.3 Å². The van der Waals surface area contributed by atoms with Gasteiger partial charge >= 0.3 is 0 Å². The van der Waals surface area contributed by atoms with Gasteiger partial charge in [0.1, 0.15) is 11.6 Å². The van der Waals surface area contributed by atoms with E-state index in [0.29, 0.717) is 11.1 Å². The third kappa shape index (κ3) is 3.77. The fraction of sp³-hybridized carbons (Fsp3) is 0.0556. The van der Waals surface area contributed by atoms with Gasteiger partial charge < -0.3 is 0 Å². The number of benzene rings is 2. The summed E-state index contributed by atoms with van der Waals surface area (Å²) in [5.74, 6) is -1.66. The number of carbonyl (C=O) groups is 2. The third-order valence-corrected chi connectivity index (χ3v) is 4.24. The van der Waals surface area contributed by atoms with Crippen LogP contribution in [0.1, 0.15) is 27.6 Å². The summed E-state index contributed by atoms with van der Waals surface area (Å²) in [6.45, 7) is 1.44. The van der Waals surface area contributed by atoms with E-state index in [2.05, 4.69) is 10.3 Å². The van der Waals surface area contributed by atoms with Gasteiger partial charge in [0.2, 0.25) is 0 Å². The molecule has 25 heavy (non-hydrogen) atoms. The van der Waals surface area contributed by atoms with Crippen LogP contribution in [0, 0.1) is 11.6 Å². The number of hydrogen-bond donors (Lipinski definition) is 1. The van der Waals surface area contributed by atoms with E-state index < -0.39 is 17.5 Å². The van der Waals surface area contributed by atoms with E-state index in [-0.39, 0.29) is 22.2 Å². The van der Waals surface area contributed by atoms with Gasteiger partial charge in [-0.2, -0.15) is 0 Å². The van der Waals surface area contributed by atoms with Crippen LogP contribution in [0.15, 0.2) is 47.8 Å². The Morgan fingerprint density at radius 2 is 1.72 bits per heavy atom. The number of aromatic nitrogens is 1. The second-order valence-corrected chi connectivity index (χ2v) is 6.11. The zero-order valence-corrected chi connectivity index (χ0v) is 13.9. The van der Waals surface area contributed by atoms with Crippen molar-refractivity contribution in [2.24, 2.45) is 0 Å². The van der Waals surface area contributed by atoms with Crippen molar-refractivity contribution in [1.82, 2.24) is 4.98 Å². The minimum absolute atomic E-state index is 0.0301. The Balaban J connectivity index is 1.78. The van der Waals surface area contributed by atoms with E-state index >= 15 is 0 Å². The van der Waals surface area contributed by atoms with Crippen molar-refractivity contribution in [3.63, 3.8) is 0 Å². The summed E-state index contributed by atoms with van der Waals surface area (Å²) in [5.41, 5.74) is 1.14. The average molecular weight is 358 g/mol. The lowest BCUT2D eigenvalue weighted by Gasteiger charge is -2.03. The maximum Gasteiger partial charge on any atom is 0.257 e. The molecule has 0 saturated carbocycles. The molecule has 0 radical (unpaired) electrons. The summed E-state index contributed by atoms with van der Waals surface area (Å²) in [6, 6.07) is 9.30. The van der Waals surface area contributed by atoms with Crippen LogP contribution in [0.5, 0.6) is 0 Å². The van der Waals surface area contributed by atoms with Crippen molar-refractivity contribution in [3.05, 3.63) is 70.6 Å². The Morgan fingerprint density at radius 3 is 2.40 bits per heavy atom. The standard InChI is InChI=1S/C18H12F2N2O2S/c1-10(23)11-2-4-12(5-3-11)17(24)22-18-21-16(9-25-18)14-8-13(19)6-7-15(14)20/h2-9H,1H3,(H,21,22,24). The van der Waals surface area contributed by atoms with Gasteiger partial charge in [-0.3, -0.25) is 14.9 Å². The molecule has 1 amide bonds. The highest BCUT2D eigenvalue weighted by atomic mass is 32.1. The first kappa shape index (κ1) is 16.9. The number of ketones is 1.